The SMILES string of the molecule is COc1ccc(CC(=O)NCCN2CCOCC2)cc1C(C)C. The van der Waals surface area contributed by atoms with Crippen molar-refractivity contribution in [3.05, 3.63) is 29.3 Å². The minimum atomic E-state index is 0.0677. The van der Waals surface area contributed by atoms with E-state index in [1.807, 2.05) is 12.1 Å². The van der Waals surface area contributed by atoms with Crippen LogP contribution in [0.25, 0.3) is 0 Å². The third kappa shape index (κ3) is 5.52. The molecule has 23 heavy (non-hydrogen) atoms. The van der Waals surface area contributed by atoms with E-state index in [0.29, 0.717) is 18.9 Å². The average molecular weight is 320 g/mol. The highest BCUT2D eigenvalue weighted by Gasteiger charge is 2.12. The fourth-order valence-electron chi connectivity index (χ4n) is 2.77. The number of benzene rings is 1. The van der Waals surface area contributed by atoms with Gasteiger partial charge in [0.05, 0.1) is 26.7 Å². The van der Waals surface area contributed by atoms with Gasteiger partial charge in [-0.1, -0.05) is 26.0 Å². The van der Waals surface area contributed by atoms with E-state index in [0.717, 1.165) is 49.7 Å². The number of morpholine rings is 1. The first kappa shape index (κ1) is 17.8. The molecule has 1 aliphatic rings. The van der Waals surface area contributed by atoms with E-state index in [1.165, 1.54) is 0 Å². The van der Waals surface area contributed by atoms with Crippen LogP contribution in [-0.4, -0.2) is 57.3 Å². The van der Waals surface area contributed by atoms with Crippen LogP contribution in [0, 0.1) is 0 Å². The van der Waals surface area contributed by atoms with Crippen molar-refractivity contribution in [2.75, 3.05) is 46.5 Å². The van der Waals surface area contributed by atoms with Crippen LogP contribution in [0.2, 0.25) is 0 Å². The predicted octanol–water partition coefficient (Wildman–Crippen LogP) is 1.81. The lowest BCUT2D eigenvalue weighted by atomic mass is 9.98. The topological polar surface area (TPSA) is 50.8 Å². The number of rotatable bonds is 7. The van der Waals surface area contributed by atoms with Crippen LogP contribution in [0.1, 0.15) is 30.9 Å². The third-order valence-corrected chi connectivity index (χ3v) is 4.13. The van der Waals surface area contributed by atoms with Crippen LogP contribution < -0.4 is 10.1 Å². The maximum absolute atomic E-state index is 12.1. The molecule has 1 heterocycles. The maximum Gasteiger partial charge on any atom is 0.224 e. The summed E-state index contributed by atoms with van der Waals surface area (Å²) in [5.74, 6) is 1.32. The molecule has 0 unspecified atom stereocenters. The molecule has 5 nitrogen and oxygen atoms in total. The van der Waals surface area contributed by atoms with Crippen molar-refractivity contribution in [3.63, 3.8) is 0 Å². The molecule has 1 fully saturated rings. The number of nitrogens with zero attached hydrogens (tertiary/aromatic N) is 1. The number of amides is 1. The normalized spacial score (nSPS) is 15.7. The monoisotopic (exact) mass is 320 g/mol. The highest BCUT2D eigenvalue weighted by molar-refractivity contribution is 5.78. The van der Waals surface area contributed by atoms with Crippen molar-refractivity contribution in [1.29, 1.82) is 0 Å². The fourth-order valence-corrected chi connectivity index (χ4v) is 2.77. The Morgan fingerprint density at radius 3 is 2.74 bits per heavy atom. The number of hydrogen-bond acceptors (Lipinski definition) is 4. The molecular formula is C18H28N2O3. The Balaban J connectivity index is 1.81. The van der Waals surface area contributed by atoms with E-state index in [1.54, 1.807) is 7.11 Å². The first-order valence-corrected chi connectivity index (χ1v) is 8.33. The Kier molecular flexibility index (Phi) is 6.86. The Labute approximate surface area is 139 Å². The summed E-state index contributed by atoms with van der Waals surface area (Å²) in [6, 6.07) is 5.99. The van der Waals surface area contributed by atoms with Gasteiger partial charge < -0.3 is 14.8 Å². The van der Waals surface area contributed by atoms with Crippen LogP contribution >= 0.6 is 0 Å². The minimum absolute atomic E-state index is 0.0677. The molecule has 0 aromatic heterocycles. The molecule has 1 N–H and O–H groups in total. The van der Waals surface area contributed by atoms with Gasteiger partial charge in [-0.25, -0.2) is 0 Å². The van der Waals surface area contributed by atoms with Gasteiger partial charge in [0.2, 0.25) is 5.91 Å². The van der Waals surface area contributed by atoms with Gasteiger partial charge in [0.1, 0.15) is 5.75 Å². The molecule has 1 saturated heterocycles. The summed E-state index contributed by atoms with van der Waals surface area (Å²) < 4.78 is 10.7. The van der Waals surface area contributed by atoms with Gasteiger partial charge in [0.15, 0.2) is 0 Å². The van der Waals surface area contributed by atoms with Gasteiger partial charge in [-0.2, -0.15) is 0 Å². The summed E-state index contributed by atoms with van der Waals surface area (Å²) in [5, 5.41) is 3.00. The lowest BCUT2D eigenvalue weighted by Crippen LogP contribution is -2.41. The maximum atomic E-state index is 12.1. The van der Waals surface area contributed by atoms with Crippen molar-refractivity contribution < 1.29 is 14.3 Å². The Morgan fingerprint density at radius 1 is 1.35 bits per heavy atom. The number of ether oxygens (including phenoxy) is 2. The smallest absolute Gasteiger partial charge is 0.224 e. The lowest BCUT2D eigenvalue weighted by molar-refractivity contribution is -0.120. The molecule has 0 radical (unpaired) electrons. The van der Waals surface area contributed by atoms with Crippen molar-refractivity contribution in [2.24, 2.45) is 0 Å². The lowest BCUT2D eigenvalue weighted by Gasteiger charge is -2.26. The van der Waals surface area contributed by atoms with Crippen LogP contribution in [0.15, 0.2) is 18.2 Å². The summed E-state index contributed by atoms with van der Waals surface area (Å²) in [6.07, 6.45) is 0.410. The van der Waals surface area contributed by atoms with Crippen molar-refractivity contribution >= 4 is 5.91 Å². The second kappa shape index (κ2) is 8.89. The average Bonchev–Trinajstić information content (AvgIpc) is 2.55. The van der Waals surface area contributed by atoms with Crippen LogP contribution in [0.3, 0.4) is 0 Å². The second-order valence-corrected chi connectivity index (χ2v) is 6.21. The standard InChI is InChI=1S/C18H28N2O3/c1-14(2)16-12-15(4-5-17(16)22-3)13-18(21)19-6-7-20-8-10-23-11-9-20/h4-5,12,14H,6-11,13H2,1-3H3,(H,19,21). The molecule has 2 rings (SSSR count). The van der Waals surface area contributed by atoms with Crippen molar-refractivity contribution in [1.82, 2.24) is 10.2 Å². The van der Waals surface area contributed by atoms with E-state index < -0.39 is 0 Å². The van der Waals surface area contributed by atoms with Gasteiger partial charge in [0, 0.05) is 26.2 Å². The molecule has 5 heteroatoms. The minimum Gasteiger partial charge on any atom is -0.496 e. The van der Waals surface area contributed by atoms with Gasteiger partial charge in [0.25, 0.3) is 0 Å². The second-order valence-electron chi connectivity index (χ2n) is 6.21. The van der Waals surface area contributed by atoms with Gasteiger partial charge in [-0.05, 0) is 23.1 Å². The van der Waals surface area contributed by atoms with E-state index in [4.69, 9.17) is 9.47 Å². The highest BCUT2D eigenvalue weighted by atomic mass is 16.5. The summed E-state index contributed by atoms with van der Waals surface area (Å²) in [4.78, 5) is 14.4. The van der Waals surface area contributed by atoms with E-state index >= 15 is 0 Å². The molecule has 1 aliphatic heterocycles. The van der Waals surface area contributed by atoms with Crippen LogP contribution in [0.4, 0.5) is 0 Å². The summed E-state index contributed by atoms with van der Waals surface area (Å²) in [5.41, 5.74) is 2.17. The molecule has 0 aliphatic carbocycles. The van der Waals surface area contributed by atoms with Gasteiger partial charge in [-0.15, -0.1) is 0 Å². The van der Waals surface area contributed by atoms with Crippen LogP contribution in [-0.2, 0) is 16.0 Å². The summed E-state index contributed by atoms with van der Waals surface area (Å²) in [7, 11) is 1.68. The molecule has 1 aromatic carbocycles. The largest absolute Gasteiger partial charge is 0.496 e. The zero-order valence-corrected chi connectivity index (χ0v) is 14.4. The first-order valence-electron chi connectivity index (χ1n) is 8.33. The molecule has 0 atom stereocenters. The van der Waals surface area contributed by atoms with E-state index in [9.17, 15) is 4.79 Å². The molecule has 0 spiro atoms. The zero-order chi connectivity index (χ0) is 16.7. The number of carbonyl (C=O) groups excluding carboxylic acids is 1. The third-order valence-electron chi connectivity index (χ3n) is 4.13. The molecule has 1 amide bonds. The molecular weight excluding hydrogens is 292 g/mol. The number of nitrogens with one attached hydrogen (secondary N) is 1. The van der Waals surface area contributed by atoms with Gasteiger partial charge >= 0.3 is 0 Å². The van der Waals surface area contributed by atoms with E-state index in [-0.39, 0.29) is 5.91 Å². The molecule has 0 bridgehead atoms. The fraction of sp³-hybridized carbons (Fsp3) is 0.611. The van der Waals surface area contributed by atoms with Gasteiger partial charge in [-0.3, -0.25) is 9.69 Å². The Morgan fingerprint density at radius 2 is 2.09 bits per heavy atom. The molecule has 128 valence electrons. The Bertz CT molecular complexity index is 511. The quantitative estimate of drug-likeness (QED) is 0.832. The Hall–Kier alpha value is -1.59. The number of carbonyl (C=O) groups is 1. The molecule has 1 aromatic rings. The highest BCUT2D eigenvalue weighted by Crippen LogP contribution is 2.27. The summed E-state index contributed by atoms with van der Waals surface area (Å²) in [6.45, 7) is 9.31. The van der Waals surface area contributed by atoms with Crippen LogP contribution in [0.5, 0.6) is 5.75 Å². The number of methoxy groups -OCH3 is 1. The first-order chi connectivity index (χ1) is 11.1. The van der Waals surface area contributed by atoms with Crippen molar-refractivity contribution in [3.8, 4) is 5.75 Å². The predicted molar refractivity (Wildman–Crippen MR) is 91.1 cm³/mol. The molecule has 0 saturated carbocycles. The number of hydrogen-bond donors (Lipinski definition) is 1. The summed E-state index contributed by atoms with van der Waals surface area (Å²) >= 11 is 0. The van der Waals surface area contributed by atoms with Crippen molar-refractivity contribution in [2.45, 2.75) is 26.2 Å². The zero-order valence-electron chi connectivity index (χ0n) is 14.4. The van der Waals surface area contributed by atoms with E-state index in [2.05, 4.69) is 30.1 Å².